The molecule has 1 amide bonds. The van der Waals surface area contributed by atoms with E-state index in [1.165, 1.54) is 11.3 Å². The Morgan fingerprint density at radius 3 is 2.64 bits per heavy atom. The predicted molar refractivity (Wildman–Crippen MR) is 116 cm³/mol. The summed E-state index contributed by atoms with van der Waals surface area (Å²) in [4.78, 5) is 19.0. The number of fused-ring (bicyclic) bond motifs is 2. The second-order valence-electron chi connectivity index (χ2n) is 6.83. The van der Waals surface area contributed by atoms with Gasteiger partial charge in [-0.15, -0.1) is 11.3 Å². The number of methoxy groups -OCH3 is 1. The van der Waals surface area contributed by atoms with Crippen molar-refractivity contribution in [3.05, 3.63) is 58.5 Å². The Morgan fingerprint density at radius 1 is 1.18 bits per heavy atom. The molecule has 3 N–H and O–H groups in total. The van der Waals surface area contributed by atoms with E-state index in [4.69, 9.17) is 15.5 Å². The average Bonchev–Trinajstić information content (AvgIpc) is 2.97. The maximum atomic E-state index is 12.6. The first-order valence-electron chi connectivity index (χ1n) is 8.98. The van der Waals surface area contributed by atoms with E-state index in [0.717, 1.165) is 48.6 Å². The number of ether oxygens (including phenoxy) is 1. The Kier molecular flexibility index (Phi) is 4.65. The first-order valence-corrected chi connectivity index (χ1v) is 9.79. The number of para-hydroxylation sites is 1. The number of hydrogen-bond donors (Lipinski definition) is 2. The molecule has 0 spiro atoms. The zero-order valence-corrected chi connectivity index (χ0v) is 16.8. The Morgan fingerprint density at radius 2 is 1.93 bits per heavy atom. The maximum Gasteiger partial charge on any atom is 0.229 e. The highest BCUT2D eigenvalue weighted by molar-refractivity contribution is 7.19. The molecular formula is C22H21N3O2S. The fraction of sp³-hybridized carbons (Fsp3) is 0.182. The van der Waals surface area contributed by atoms with E-state index in [1.54, 1.807) is 7.11 Å². The van der Waals surface area contributed by atoms with E-state index >= 15 is 0 Å². The maximum absolute atomic E-state index is 12.6. The van der Waals surface area contributed by atoms with E-state index in [0.29, 0.717) is 5.69 Å². The molecule has 0 saturated carbocycles. The van der Waals surface area contributed by atoms with Crippen molar-refractivity contribution in [2.45, 2.75) is 20.3 Å². The van der Waals surface area contributed by atoms with Gasteiger partial charge in [0.2, 0.25) is 5.91 Å². The number of benzene rings is 2. The summed E-state index contributed by atoms with van der Waals surface area (Å²) in [6.07, 6.45) is 0.223. The van der Waals surface area contributed by atoms with E-state index in [1.807, 2.05) is 56.3 Å². The normalized spacial score (nSPS) is 11.1. The molecule has 2 aromatic carbocycles. The third-order valence-electron chi connectivity index (χ3n) is 4.87. The van der Waals surface area contributed by atoms with Gasteiger partial charge in [-0.2, -0.15) is 0 Å². The molecule has 0 saturated heterocycles. The number of hydrogen-bond acceptors (Lipinski definition) is 5. The molecule has 2 heterocycles. The van der Waals surface area contributed by atoms with Gasteiger partial charge in [0.25, 0.3) is 0 Å². The minimum atomic E-state index is -0.0816. The molecule has 28 heavy (non-hydrogen) atoms. The van der Waals surface area contributed by atoms with E-state index in [2.05, 4.69) is 5.32 Å². The highest BCUT2D eigenvalue weighted by Gasteiger charge is 2.16. The second kappa shape index (κ2) is 7.13. The number of carbonyl (C=O) groups is 1. The van der Waals surface area contributed by atoms with Crippen LogP contribution in [0.2, 0.25) is 0 Å². The summed E-state index contributed by atoms with van der Waals surface area (Å²) in [6.45, 7) is 3.97. The van der Waals surface area contributed by atoms with Crippen molar-refractivity contribution in [1.82, 2.24) is 4.98 Å². The van der Waals surface area contributed by atoms with Gasteiger partial charge in [-0.05, 0) is 43.2 Å². The van der Waals surface area contributed by atoms with Gasteiger partial charge in [0.1, 0.15) is 10.6 Å². The minimum Gasteiger partial charge on any atom is -0.497 e. The number of nitrogens with two attached hydrogens (primary N) is 1. The number of thiophene rings is 1. The number of pyridine rings is 1. The summed E-state index contributed by atoms with van der Waals surface area (Å²) in [6, 6.07) is 13.7. The summed E-state index contributed by atoms with van der Waals surface area (Å²) in [5, 5.41) is 4.90. The molecule has 5 nitrogen and oxygen atoms in total. The Balaban J connectivity index is 1.66. The van der Waals surface area contributed by atoms with Crippen LogP contribution in [0.3, 0.4) is 0 Å². The lowest BCUT2D eigenvalue weighted by Gasteiger charge is -2.11. The lowest BCUT2D eigenvalue weighted by atomic mass is 10.1. The average molecular weight is 391 g/mol. The summed E-state index contributed by atoms with van der Waals surface area (Å²) in [5.74, 6) is 0.680. The summed E-state index contributed by atoms with van der Waals surface area (Å²) >= 11 is 1.46. The molecule has 0 aliphatic carbocycles. The molecule has 0 bridgehead atoms. The van der Waals surface area contributed by atoms with E-state index in [-0.39, 0.29) is 12.3 Å². The molecule has 0 unspecified atom stereocenters. The van der Waals surface area contributed by atoms with Crippen LogP contribution >= 0.6 is 11.3 Å². The van der Waals surface area contributed by atoms with Gasteiger partial charge < -0.3 is 15.8 Å². The third kappa shape index (κ3) is 3.27. The van der Waals surface area contributed by atoms with E-state index < -0.39 is 0 Å². The molecule has 0 aliphatic heterocycles. The zero-order chi connectivity index (χ0) is 19.8. The molecule has 142 valence electrons. The van der Waals surface area contributed by atoms with Crippen LogP contribution in [0.25, 0.3) is 21.1 Å². The van der Waals surface area contributed by atoms with Crippen LogP contribution in [-0.4, -0.2) is 18.0 Å². The summed E-state index contributed by atoms with van der Waals surface area (Å²) in [7, 11) is 1.63. The van der Waals surface area contributed by atoms with Gasteiger partial charge in [0.15, 0.2) is 0 Å². The Labute approximate surface area is 167 Å². The SMILES string of the molecule is COc1ccc2cc3c(N)c(CC(=O)Nc4c(C)cccc4C)sc3nc2c1. The quantitative estimate of drug-likeness (QED) is 0.522. The van der Waals surface area contributed by atoms with Crippen LogP contribution in [-0.2, 0) is 11.2 Å². The van der Waals surface area contributed by atoms with Crippen molar-refractivity contribution in [1.29, 1.82) is 0 Å². The first kappa shape index (κ1) is 18.3. The topological polar surface area (TPSA) is 77.2 Å². The summed E-state index contributed by atoms with van der Waals surface area (Å²) < 4.78 is 5.28. The van der Waals surface area contributed by atoms with Gasteiger partial charge in [-0.3, -0.25) is 4.79 Å². The van der Waals surface area contributed by atoms with Crippen LogP contribution in [0.1, 0.15) is 16.0 Å². The Bertz CT molecular complexity index is 1190. The van der Waals surface area contributed by atoms with Gasteiger partial charge >= 0.3 is 0 Å². The fourth-order valence-electron chi connectivity index (χ4n) is 3.32. The van der Waals surface area contributed by atoms with Crippen LogP contribution < -0.4 is 15.8 Å². The first-order chi connectivity index (χ1) is 13.5. The van der Waals surface area contributed by atoms with Gasteiger partial charge in [0.05, 0.1) is 24.7 Å². The lowest BCUT2D eigenvalue weighted by Crippen LogP contribution is -2.16. The van der Waals surface area contributed by atoms with Crippen molar-refractivity contribution < 1.29 is 9.53 Å². The van der Waals surface area contributed by atoms with Gasteiger partial charge in [0, 0.05) is 27.4 Å². The zero-order valence-electron chi connectivity index (χ0n) is 16.0. The number of amides is 1. The largest absolute Gasteiger partial charge is 0.497 e. The number of nitrogens with one attached hydrogen (secondary N) is 1. The van der Waals surface area contributed by atoms with Crippen molar-refractivity contribution in [3.63, 3.8) is 0 Å². The molecule has 6 heteroatoms. The minimum absolute atomic E-state index is 0.0816. The van der Waals surface area contributed by atoms with E-state index in [9.17, 15) is 4.79 Å². The monoisotopic (exact) mass is 391 g/mol. The summed E-state index contributed by atoms with van der Waals surface area (Å²) in [5.41, 5.74) is 10.8. The van der Waals surface area contributed by atoms with Crippen molar-refractivity contribution >= 4 is 49.7 Å². The number of rotatable bonds is 4. The van der Waals surface area contributed by atoms with Crippen LogP contribution in [0.5, 0.6) is 5.75 Å². The van der Waals surface area contributed by atoms with Gasteiger partial charge in [-0.25, -0.2) is 4.98 Å². The number of anilines is 2. The number of aromatic nitrogens is 1. The molecule has 0 aliphatic rings. The lowest BCUT2D eigenvalue weighted by molar-refractivity contribution is -0.115. The molecular weight excluding hydrogens is 370 g/mol. The molecule has 0 radical (unpaired) electrons. The fourth-order valence-corrected chi connectivity index (χ4v) is 4.40. The molecule has 2 aromatic heterocycles. The molecule has 4 aromatic rings. The number of nitrogen functional groups attached to an aromatic ring is 1. The van der Waals surface area contributed by atoms with Crippen LogP contribution in [0.15, 0.2) is 42.5 Å². The second-order valence-corrected chi connectivity index (χ2v) is 7.91. The van der Waals surface area contributed by atoms with Crippen molar-refractivity contribution in [2.75, 3.05) is 18.2 Å². The van der Waals surface area contributed by atoms with Gasteiger partial charge in [-0.1, -0.05) is 18.2 Å². The smallest absolute Gasteiger partial charge is 0.229 e. The molecule has 0 fully saturated rings. The third-order valence-corrected chi connectivity index (χ3v) is 5.98. The van der Waals surface area contributed by atoms with Crippen molar-refractivity contribution in [3.8, 4) is 5.75 Å². The van der Waals surface area contributed by atoms with Crippen LogP contribution in [0, 0.1) is 13.8 Å². The van der Waals surface area contributed by atoms with Crippen LogP contribution in [0.4, 0.5) is 11.4 Å². The predicted octanol–water partition coefficient (Wildman–Crippen LogP) is 4.84. The molecule has 4 rings (SSSR count). The highest BCUT2D eigenvalue weighted by Crippen LogP contribution is 2.35. The van der Waals surface area contributed by atoms with Crippen molar-refractivity contribution in [2.24, 2.45) is 0 Å². The number of nitrogens with zero attached hydrogens (tertiary/aromatic N) is 1. The Hall–Kier alpha value is -3.12. The number of carbonyl (C=O) groups excluding carboxylic acids is 1. The standard InChI is InChI=1S/C22H21N3O2S/c1-12-5-4-6-13(2)21(12)25-19(26)11-18-20(23)16-9-14-7-8-15(27-3)10-17(14)24-22(16)28-18/h4-10H,11,23H2,1-3H3,(H,25,26). The highest BCUT2D eigenvalue weighted by atomic mass is 32.1. The molecule has 0 atom stereocenters. The number of aryl methyl sites for hydroxylation is 2.